The van der Waals surface area contributed by atoms with E-state index in [2.05, 4.69) is 82.8 Å². The Morgan fingerprint density at radius 3 is 1.38 bits per heavy atom. The lowest BCUT2D eigenvalue weighted by atomic mass is 10.0. The van der Waals surface area contributed by atoms with Crippen LogP contribution in [0.25, 0.3) is 11.0 Å². The first-order valence-corrected chi connectivity index (χ1v) is 9.18. The fourth-order valence-electron chi connectivity index (χ4n) is 3.26. The highest BCUT2D eigenvalue weighted by Gasteiger charge is 2.03. The molecule has 128 valence electrons. The van der Waals surface area contributed by atoms with Crippen molar-refractivity contribution in [3.8, 4) is 0 Å². The zero-order valence-electron chi connectivity index (χ0n) is 14.8. The Bertz CT molecular complexity index is 900. The van der Waals surface area contributed by atoms with E-state index in [9.17, 15) is 0 Å². The lowest BCUT2D eigenvalue weighted by molar-refractivity contribution is 0.945. The van der Waals surface area contributed by atoms with E-state index in [0.29, 0.717) is 0 Å². The molecule has 4 rings (SSSR count). The van der Waals surface area contributed by atoms with E-state index in [-0.39, 0.29) is 0 Å². The third kappa shape index (κ3) is 4.15. The van der Waals surface area contributed by atoms with E-state index >= 15 is 0 Å². The molecule has 2 nitrogen and oxygen atoms in total. The van der Waals surface area contributed by atoms with Gasteiger partial charge in [0.05, 0.1) is 0 Å². The van der Waals surface area contributed by atoms with Crippen molar-refractivity contribution in [1.82, 2.24) is 9.97 Å². The molecule has 0 aliphatic heterocycles. The second kappa shape index (κ2) is 7.92. The molecular formula is C24H22N2. The SMILES string of the molecule is c1ccc(CCc2cnc3ncc(CCc4ccccc4)cc3c2)cc1. The van der Waals surface area contributed by atoms with Gasteiger partial charge in [0, 0.05) is 17.8 Å². The van der Waals surface area contributed by atoms with Crippen molar-refractivity contribution in [3.63, 3.8) is 0 Å². The van der Waals surface area contributed by atoms with Gasteiger partial charge in [-0.25, -0.2) is 9.97 Å². The second-order valence-electron chi connectivity index (χ2n) is 6.71. The maximum absolute atomic E-state index is 4.54. The van der Waals surface area contributed by atoms with Crippen LogP contribution in [0.15, 0.2) is 85.2 Å². The van der Waals surface area contributed by atoms with Crippen molar-refractivity contribution in [2.75, 3.05) is 0 Å². The highest BCUT2D eigenvalue weighted by Crippen LogP contribution is 2.16. The molecule has 0 aliphatic rings. The first-order chi connectivity index (χ1) is 12.9. The minimum Gasteiger partial charge on any atom is -0.236 e. The van der Waals surface area contributed by atoms with Gasteiger partial charge >= 0.3 is 0 Å². The van der Waals surface area contributed by atoms with Crippen molar-refractivity contribution in [2.24, 2.45) is 0 Å². The number of rotatable bonds is 6. The van der Waals surface area contributed by atoms with E-state index in [1.165, 1.54) is 22.3 Å². The quantitative estimate of drug-likeness (QED) is 0.483. The summed E-state index contributed by atoms with van der Waals surface area (Å²) in [7, 11) is 0. The molecule has 0 N–H and O–H groups in total. The summed E-state index contributed by atoms with van der Waals surface area (Å²) in [6, 6.07) is 25.7. The molecule has 2 aromatic heterocycles. The van der Waals surface area contributed by atoms with Crippen molar-refractivity contribution in [3.05, 3.63) is 107 Å². The molecule has 2 aromatic carbocycles. The molecule has 2 heterocycles. The normalized spacial score (nSPS) is 10.9. The molecule has 0 bridgehead atoms. The molecule has 0 unspecified atom stereocenters. The van der Waals surface area contributed by atoms with Crippen LogP contribution in [0.5, 0.6) is 0 Å². The number of aromatic nitrogens is 2. The van der Waals surface area contributed by atoms with E-state index < -0.39 is 0 Å². The standard InChI is InChI=1S/C24H22N2/c1-3-7-19(8-4-1)11-13-21-15-23-16-22(18-26-24(23)25-17-21)14-12-20-9-5-2-6-10-20/h1-10,15-18H,11-14H2. The van der Waals surface area contributed by atoms with Crippen molar-refractivity contribution >= 4 is 11.0 Å². The van der Waals surface area contributed by atoms with Gasteiger partial charge in [0.15, 0.2) is 5.65 Å². The largest absolute Gasteiger partial charge is 0.236 e. The Balaban J connectivity index is 1.47. The average molecular weight is 338 g/mol. The van der Waals surface area contributed by atoms with Crippen LogP contribution in [0.2, 0.25) is 0 Å². The molecular weight excluding hydrogens is 316 g/mol. The predicted molar refractivity (Wildman–Crippen MR) is 107 cm³/mol. The van der Waals surface area contributed by atoms with Crippen LogP contribution >= 0.6 is 0 Å². The smallest absolute Gasteiger partial charge is 0.159 e. The highest BCUT2D eigenvalue weighted by molar-refractivity contribution is 5.75. The summed E-state index contributed by atoms with van der Waals surface area (Å²) in [5.74, 6) is 0. The van der Waals surface area contributed by atoms with Gasteiger partial charge in [0.25, 0.3) is 0 Å². The lowest BCUT2D eigenvalue weighted by Crippen LogP contribution is -1.96. The number of nitrogens with zero attached hydrogens (tertiary/aromatic N) is 2. The lowest BCUT2D eigenvalue weighted by Gasteiger charge is -2.06. The van der Waals surface area contributed by atoms with Gasteiger partial charge in [0.1, 0.15) is 0 Å². The third-order valence-electron chi connectivity index (χ3n) is 4.74. The number of hydrogen-bond donors (Lipinski definition) is 0. The molecule has 0 saturated heterocycles. The van der Waals surface area contributed by atoms with Gasteiger partial charge in [-0.15, -0.1) is 0 Å². The van der Waals surface area contributed by atoms with E-state index in [4.69, 9.17) is 0 Å². The number of benzene rings is 2. The molecule has 0 atom stereocenters. The molecule has 0 radical (unpaired) electrons. The first kappa shape index (κ1) is 16.5. The Labute approximate surface area is 154 Å². The molecule has 0 saturated carbocycles. The van der Waals surface area contributed by atoms with Crippen LogP contribution in [0.3, 0.4) is 0 Å². The first-order valence-electron chi connectivity index (χ1n) is 9.18. The second-order valence-corrected chi connectivity index (χ2v) is 6.71. The summed E-state index contributed by atoms with van der Waals surface area (Å²) in [6.45, 7) is 0. The van der Waals surface area contributed by atoms with Gasteiger partial charge in [-0.2, -0.15) is 0 Å². The fourth-order valence-corrected chi connectivity index (χ4v) is 3.26. The van der Waals surface area contributed by atoms with E-state index in [0.717, 1.165) is 36.7 Å². The average Bonchev–Trinajstić information content (AvgIpc) is 2.72. The minimum absolute atomic E-state index is 0.830. The van der Waals surface area contributed by atoms with Crippen LogP contribution < -0.4 is 0 Å². The molecule has 0 fully saturated rings. The van der Waals surface area contributed by atoms with E-state index in [1.54, 1.807) is 0 Å². The predicted octanol–water partition coefficient (Wildman–Crippen LogP) is 5.20. The van der Waals surface area contributed by atoms with Crippen LogP contribution in [0, 0.1) is 0 Å². The summed E-state index contributed by atoms with van der Waals surface area (Å²) in [5, 5.41) is 1.14. The van der Waals surface area contributed by atoms with Crippen LogP contribution in [-0.2, 0) is 25.7 Å². The van der Waals surface area contributed by atoms with Gasteiger partial charge in [-0.1, -0.05) is 60.7 Å². The Morgan fingerprint density at radius 1 is 0.500 bits per heavy atom. The number of aryl methyl sites for hydroxylation is 4. The maximum atomic E-state index is 4.54. The molecule has 0 spiro atoms. The van der Waals surface area contributed by atoms with Crippen LogP contribution in [0.1, 0.15) is 22.3 Å². The zero-order chi connectivity index (χ0) is 17.6. The van der Waals surface area contributed by atoms with Gasteiger partial charge in [-0.3, -0.25) is 0 Å². The molecule has 0 aliphatic carbocycles. The number of fused-ring (bicyclic) bond motifs is 1. The van der Waals surface area contributed by atoms with Gasteiger partial charge < -0.3 is 0 Å². The van der Waals surface area contributed by atoms with Crippen molar-refractivity contribution in [2.45, 2.75) is 25.7 Å². The summed E-state index contributed by atoms with van der Waals surface area (Å²) in [6.07, 6.45) is 8.00. The Morgan fingerprint density at radius 2 is 0.923 bits per heavy atom. The summed E-state index contributed by atoms with van der Waals surface area (Å²) in [4.78, 5) is 9.08. The summed E-state index contributed by atoms with van der Waals surface area (Å²) < 4.78 is 0. The molecule has 2 heteroatoms. The summed E-state index contributed by atoms with van der Waals surface area (Å²) >= 11 is 0. The number of pyridine rings is 2. The molecule has 4 aromatic rings. The fraction of sp³-hybridized carbons (Fsp3) is 0.167. The maximum Gasteiger partial charge on any atom is 0.159 e. The minimum atomic E-state index is 0.830. The van der Waals surface area contributed by atoms with Crippen LogP contribution in [-0.4, -0.2) is 9.97 Å². The van der Waals surface area contributed by atoms with E-state index in [1.807, 2.05) is 12.4 Å². The van der Waals surface area contributed by atoms with Gasteiger partial charge in [-0.05, 0) is 60.1 Å². The van der Waals surface area contributed by atoms with Crippen molar-refractivity contribution < 1.29 is 0 Å². The zero-order valence-corrected chi connectivity index (χ0v) is 14.8. The topological polar surface area (TPSA) is 25.8 Å². The Hall–Kier alpha value is -3.00. The van der Waals surface area contributed by atoms with Gasteiger partial charge in [0.2, 0.25) is 0 Å². The highest BCUT2D eigenvalue weighted by atomic mass is 14.8. The molecule has 0 amide bonds. The monoisotopic (exact) mass is 338 g/mol. The van der Waals surface area contributed by atoms with Crippen LogP contribution in [0.4, 0.5) is 0 Å². The third-order valence-corrected chi connectivity index (χ3v) is 4.74. The summed E-state index contributed by atoms with van der Waals surface area (Å²) in [5.41, 5.74) is 6.09. The molecule has 26 heavy (non-hydrogen) atoms. The van der Waals surface area contributed by atoms with Crippen molar-refractivity contribution in [1.29, 1.82) is 0 Å². The Kier molecular flexibility index (Phi) is 5.02. The number of hydrogen-bond acceptors (Lipinski definition) is 2.